The van der Waals surface area contributed by atoms with Gasteiger partial charge in [-0.2, -0.15) is 5.10 Å². The van der Waals surface area contributed by atoms with E-state index in [0.29, 0.717) is 11.1 Å². The second kappa shape index (κ2) is 6.73. The van der Waals surface area contributed by atoms with Crippen molar-refractivity contribution in [3.63, 3.8) is 0 Å². The van der Waals surface area contributed by atoms with Gasteiger partial charge in [-0.1, -0.05) is 66.2 Å². The van der Waals surface area contributed by atoms with E-state index in [1.807, 2.05) is 42.5 Å². The molecule has 1 heterocycles. The van der Waals surface area contributed by atoms with Crippen LogP contribution in [0.1, 0.15) is 5.56 Å². The van der Waals surface area contributed by atoms with Crippen LogP contribution < -0.4 is 5.56 Å². The summed E-state index contributed by atoms with van der Waals surface area (Å²) in [5.74, 6) is -0.458. The Kier molecular flexibility index (Phi) is 4.27. The molecule has 0 bridgehead atoms. The first-order chi connectivity index (χ1) is 12.6. The number of nitrogens with zero attached hydrogens (tertiary/aromatic N) is 2. The highest BCUT2D eigenvalue weighted by molar-refractivity contribution is 6.31. The molecule has 1 aromatic heterocycles. The van der Waals surface area contributed by atoms with E-state index in [1.165, 1.54) is 16.8 Å². The molecule has 0 unspecified atom stereocenters. The van der Waals surface area contributed by atoms with Crippen LogP contribution in [0.5, 0.6) is 0 Å². The van der Waals surface area contributed by atoms with Gasteiger partial charge in [0.15, 0.2) is 0 Å². The quantitative estimate of drug-likeness (QED) is 0.518. The Hall–Kier alpha value is -2.98. The highest BCUT2D eigenvalue weighted by Gasteiger charge is 2.14. The van der Waals surface area contributed by atoms with E-state index >= 15 is 0 Å². The van der Waals surface area contributed by atoms with Gasteiger partial charge in [-0.25, -0.2) is 9.07 Å². The van der Waals surface area contributed by atoms with E-state index in [-0.39, 0.29) is 22.7 Å². The van der Waals surface area contributed by atoms with Crippen molar-refractivity contribution in [3.8, 4) is 11.3 Å². The summed E-state index contributed by atoms with van der Waals surface area (Å²) in [6.07, 6.45) is 0. The molecular weight excluding hydrogens is 351 g/mol. The molecule has 128 valence electrons. The largest absolute Gasteiger partial charge is 0.274 e. The topological polar surface area (TPSA) is 34.9 Å². The second-order valence-electron chi connectivity index (χ2n) is 5.92. The zero-order chi connectivity index (χ0) is 18.1. The molecule has 4 aromatic rings. The summed E-state index contributed by atoms with van der Waals surface area (Å²) in [5, 5.41) is 6.10. The van der Waals surface area contributed by atoms with Crippen molar-refractivity contribution in [2.75, 3.05) is 0 Å². The smallest absolute Gasteiger partial charge is 0.267 e. The Labute approximate surface area is 154 Å². The van der Waals surface area contributed by atoms with Gasteiger partial charge in [-0.05, 0) is 18.2 Å². The lowest BCUT2D eigenvalue weighted by Crippen LogP contribution is -2.25. The molecule has 0 amide bonds. The van der Waals surface area contributed by atoms with E-state index < -0.39 is 5.82 Å². The predicted octanol–water partition coefficient (Wildman–Crippen LogP) is 4.90. The van der Waals surface area contributed by atoms with Gasteiger partial charge < -0.3 is 0 Å². The summed E-state index contributed by atoms with van der Waals surface area (Å²) < 4.78 is 15.5. The molecule has 3 nitrogen and oxygen atoms in total. The highest BCUT2D eigenvalue weighted by atomic mass is 35.5. The van der Waals surface area contributed by atoms with Gasteiger partial charge >= 0.3 is 0 Å². The van der Waals surface area contributed by atoms with Gasteiger partial charge in [-0.15, -0.1) is 0 Å². The molecule has 0 saturated heterocycles. The monoisotopic (exact) mass is 364 g/mol. The first kappa shape index (κ1) is 16.5. The number of aromatic nitrogens is 2. The molecule has 0 radical (unpaired) electrons. The summed E-state index contributed by atoms with van der Waals surface area (Å²) in [5.41, 5.74) is 1.53. The fraction of sp³-hybridized carbons (Fsp3) is 0.0476. The van der Waals surface area contributed by atoms with Crippen LogP contribution in [-0.4, -0.2) is 9.78 Å². The van der Waals surface area contributed by atoms with Crippen LogP contribution in [-0.2, 0) is 6.54 Å². The number of fused-ring (bicyclic) bond motifs is 1. The van der Waals surface area contributed by atoms with Crippen LogP contribution in [0.25, 0.3) is 22.0 Å². The average Bonchev–Trinajstić information content (AvgIpc) is 2.67. The molecule has 0 atom stereocenters. The Morgan fingerprint density at radius 2 is 1.58 bits per heavy atom. The summed E-state index contributed by atoms with van der Waals surface area (Å²) in [6, 6.07) is 21.4. The number of halogens is 2. The van der Waals surface area contributed by atoms with Crippen LogP contribution in [0, 0.1) is 5.82 Å². The van der Waals surface area contributed by atoms with Crippen LogP contribution in [0.4, 0.5) is 4.39 Å². The lowest BCUT2D eigenvalue weighted by Gasteiger charge is -2.12. The molecule has 0 aliphatic carbocycles. The third-order valence-corrected chi connectivity index (χ3v) is 4.64. The standard InChI is InChI=1S/C21H14ClFN2O/c22-18-11-6-12-19(23)17(18)13-25-21(26)16-10-5-4-9-15(16)20(24-25)14-7-2-1-3-8-14/h1-12H,13H2. The van der Waals surface area contributed by atoms with Crippen LogP contribution in [0.2, 0.25) is 5.02 Å². The number of hydrogen-bond donors (Lipinski definition) is 0. The molecule has 4 rings (SSSR count). The van der Waals surface area contributed by atoms with E-state index in [2.05, 4.69) is 5.10 Å². The second-order valence-corrected chi connectivity index (χ2v) is 6.33. The third kappa shape index (κ3) is 2.89. The minimum Gasteiger partial charge on any atom is -0.267 e. The Morgan fingerprint density at radius 1 is 0.885 bits per heavy atom. The highest BCUT2D eigenvalue weighted by Crippen LogP contribution is 2.25. The van der Waals surface area contributed by atoms with E-state index in [4.69, 9.17) is 11.6 Å². The first-order valence-electron chi connectivity index (χ1n) is 8.13. The van der Waals surface area contributed by atoms with Crippen LogP contribution in [0.3, 0.4) is 0 Å². The van der Waals surface area contributed by atoms with E-state index in [1.54, 1.807) is 18.2 Å². The molecular formula is C21H14ClFN2O. The molecule has 0 fully saturated rings. The molecule has 3 aromatic carbocycles. The van der Waals surface area contributed by atoms with E-state index in [9.17, 15) is 9.18 Å². The van der Waals surface area contributed by atoms with Crippen molar-refractivity contribution in [2.24, 2.45) is 0 Å². The maximum atomic E-state index is 14.2. The van der Waals surface area contributed by atoms with Gasteiger partial charge in [0, 0.05) is 21.5 Å². The predicted molar refractivity (Wildman–Crippen MR) is 102 cm³/mol. The van der Waals surface area contributed by atoms with Crippen molar-refractivity contribution in [3.05, 3.63) is 99.6 Å². The fourth-order valence-corrected chi connectivity index (χ4v) is 3.21. The first-order valence-corrected chi connectivity index (χ1v) is 8.51. The van der Waals surface area contributed by atoms with E-state index in [0.717, 1.165) is 10.9 Å². The van der Waals surface area contributed by atoms with Crippen molar-refractivity contribution < 1.29 is 4.39 Å². The maximum Gasteiger partial charge on any atom is 0.274 e. The SMILES string of the molecule is O=c1c2ccccc2c(-c2ccccc2)nn1Cc1c(F)cccc1Cl. The molecule has 5 heteroatoms. The van der Waals surface area contributed by atoms with Gasteiger partial charge in [-0.3, -0.25) is 4.79 Å². The number of benzene rings is 3. The summed E-state index contributed by atoms with van der Waals surface area (Å²) >= 11 is 6.12. The molecule has 0 N–H and O–H groups in total. The van der Waals surface area contributed by atoms with Gasteiger partial charge in [0.05, 0.1) is 17.6 Å². The summed E-state index contributed by atoms with van der Waals surface area (Å²) in [4.78, 5) is 12.9. The minimum absolute atomic E-state index is 0.0327. The minimum atomic E-state index is -0.458. The van der Waals surface area contributed by atoms with Crippen molar-refractivity contribution in [2.45, 2.75) is 6.54 Å². The van der Waals surface area contributed by atoms with Crippen LogP contribution >= 0.6 is 11.6 Å². The molecule has 0 aliphatic rings. The molecule has 26 heavy (non-hydrogen) atoms. The van der Waals surface area contributed by atoms with Gasteiger partial charge in [0.1, 0.15) is 5.82 Å². The number of hydrogen-bond acceptors (Lipinski definition) is 2. The molecule has 0 spiro atoms. The van der Waals surface area contributed by atoms with Crippen molar-refractivity contribution in [1.82, 2.24) is 9.78 Å². The lowest BCUT2D eigenvalue weighted by atomic mass is 10.1. The average molecular weight is 365 g/mol. The normalized spacial score (nSPS) is 11.0. The zero-order valence-corrected chi connectivity index (χ0v) is 14.4. The Bertz CT molecular complexity index is 1140. The lowest BCUT2D eigenvalue weighted by molar-refractivity contribution is 0.576. The molecule has 0 aliphatic heterocycles. The summed E-state index contributed by atoms with van der Waals surface area (Å²) in [6.45, 7) is -0.0327. The van der Waals surface area contributed by atoms with Crippen molar-refractivity contribution >= 4 is 22.4 Å². The maximum absolute atomic E-state index is 14.2. The zero-order valence-electron chi connectivity index (χ0n) is 13.7. The van der Waals surface area contributed by atoms with Gasteiger partial charge in [0.2, 0.25) is 0 Å². The Balaban J connectivity index is 1.96. The van der Waals surface area contributed by atoms with Gasteiger partial charge in [0.25, 0.3) is 5.56 Å². The summed E-state index contributed by atoms with van der Waals surface area (Å²) in [7, 11) is 0. The van der Waals surface area contributed by atoms with Crippen molar-refractivity contribution in [1.29, 1.82) is 0 Å². The number of rotatable bonds is 3. The van der Waals surface area contributed by atoms with Crippen LogP contribution in [0.15, 0.2) is 77.6 Å². The Morgan fingerprint density at radius 3 is 2.31 bits per heavy atom. The fourth-order valence-electron chi connectivity index (χ4n) is 2.98. The molecule has 0 saturated carbocycles. The third-order valence-electron chi connectivity index (χ3n) is 4.28.